The topological polar surface area (TPSA) is 41.6 Å². The van der Waals surface area contributed by atoms with Crippen molar-refractivity contribution in [3.05, 3.63) is 65.2 Å². The Morgan fingerprint density at radius 1 is 1.16 bits per heavy atom. The van der Waals surface area contributed by atoms with Crippen molar-refractivity contribution in [1.29, 1.82) is 0 Å². The first-order valence-corrected chi connectivity index (χ1v) is 8.88. The van der Waals surface area contributed by atoms with Gasteiger partial charge in [-0.1, -0.05) is 29.8 Å². The van der Waals surface area contributed by atoms with Gasteiger partial charge >= 0.3 is 0 Å². The molecule has 0 aromatic heterocycles. The van der Waals surface area contributed by atoms with E-state index in [0.29, 0.717) is 12.1 Å². The van der Waals surface area contributed by atoms with E-state index in [1.807, 2.05) is 31.3 Å². The number of likely N-dealkylation sites (N-methyl/N-ethyl adjacent to an activating group) is 1. The van der Waals surface area contributed by atoms with E-state index in [2.05, 4.69) is 36.5 Å². The summed E-state index contributed by atoms with van der Waals surface area (Å²) < 4.78 is 5.61. The van der Waals surface area contributed by atoms with Crippen molar-refractivity contribution < 1.29 is 9.53 Å². The number of rotatable bonds is 6. The molecule has 1 atom stereocenters. The maximum atomic E-state index is 12.5. The van der Waals surface area contributed by atoms with E-state index in [1.165, 1.54) is 11.1 Å². The Bertz CT molecular complexity index is 689. The van der Waals surface area contributed by atoms with Gasteiger partial charge in [0.05, 0.1) is 6.10 Å². The van der Waals surface area contributed by atoms with Crippen molar-refractivity contribution in [2.45, 2.75) is 32.4 Å². The van der Waals surface area contributed by atoms with Gasteiger partial charge in [-0.25, -0.2) is 0 Å². The SMILES string of the molecule is Cc1ccc(CNc2ccc(C(=O)N(C)CC3CCCO3)cc2)cc1. The minimum atomic E-state index is 0.0422. The van der Waals surface area contributed by atoms with E-state index in [4.69, 9.17) is 4.74 Å². The summed E-state index contributed by atoms with van der Waals surface area (Å²) in [5.41, 5.74) is 4.22. The average molecular weight is 338 g/mol. The Balaban J connectivity index is 1.53. The predicted molar refractivity (Wildman–Crippen MR) is 101 cm³/mol. The highest BCUT2D eigenvalue weighted by Crippen LogP contribution is 2.16. The average Bonchev–Trinajstić information content (AvgIpc) is 3.14. The third kappa shape index (κ3) is 4.83. The van der Waals surface area contributed by atoms with Crippen molar-refractivity contribution in [2.75, 3.05) is 25.5 Å². The van der Waals surface area contributed by atoms with Gasteiger partial charge < -0.3 is 15.0 Å². The number of anilines is 1. The van der Waals surface area contributed by atoms with Crippen LogP contribution >= 0.6 is 0 Å². The molecule has 132 valence electrons. The third-order valence-electron chi connectivity index (χ3n) is 4.60. The highest BCUT2D eigenvalue weighted by atomic mass is 16.5. The number of hydrogen-bond acceptors (Lipinski definition) is 3. The molecular weight excluding hydrogens is 312 g/mol. The number of hydrogen-bond donors (Lipinski definition) is 1. The van der Waals surface area contributed by atoms with Gasteiger partial charge in [0.25, 0.3) is 5.91 Å². The molecule has 2 aromatic rings. The van der Waals surface area contributed by atoms with E-state index in [0.717, 1.165) is 31.7 Å². The summed E-state index contributed by atoms with van der Waals surface area (Å²) in [6, 6.07) is 16.2. The number of aryl methyl sites for hydroxylation is 1. The second kappa shape index (κ2) is 8.17. The van der Waals surface area contributed by atoms with Crippen molar-refractivity contribution in [2.24, 2.45) is 0 Å². The Kier molecular flexibility index (Phi) is 5.71. The lowest BCUT2D eigenvalue weighted by Gasteiger charge is -2.21. The molecule has 0 radical (unpaired) electrons. The lowest BCUT2D eigenvalue weighted by molar-refractivity contribution is 0.0587. The van der Waals surface area contributed by atoms with Crippen LogP contribution in [0.3, 0.4) is 0 Å². The summed E-state index contributed by atoms with van der Waals surface area (Å²) in [6.07, 6.45) is 2.32. The number of nitrogens with zero attached hydrogens (tertiary/aromatic N) is 1. The third-order valence-corrected chi connectivity index (χ3v) is 4.60. The fraction of sp³-hybridized carbons (Fsp3) is 0.381. The van der Waals surface area contributed by atoms with Crippen LogP contribution in [0.1, 0.15) is 34.3 Å². The van der Waals surface area contributed by atoms with Gasteiger partial charge in [0.15, 0.2) is 0 Å². The number of carbonyl (C=O) groups is 1. The molecule has 2 aromatic carbocycles. The van der Waals surface area contributed by atoms with Crippen LogP contribution in [-0.2, 0) is 11.3 Å². The fourth-order valence-electron chi connectivity index (χ4n) is 3.04. The Morgan fingerprint density at radius 3 is 2.52 bits per heavy atom. The van der Waals surface area contributed by atoms with E-state index in [-0.39, 0.29) is 12.0 Å². The van der Waals surface area contributed by atoms with Crippen molar-refractivity contribution in [3.8, 4) is 0 Å². The monoisotopic (exact) mass is 338 g/mol. The molecule has 4 nitrogen and oxygen atoms in total. The van der Waals surface area contributed by atoms with E-state index >= 15 is 0 Å². The van der Waals surface area contributed by atoms with Crippen LogP contribution < -0.4 is 5.32 Å². The van der Waals surface area contributed by atoms with Crippen LogP contribution in [0.2, 0.25) is 0 Å². The number of amides is 1. The Hall–Kier alpha value is -2.33. The normalized spacial score (nSPS) is 16.6. The minimum absolute atomic E-state index is 0.0422. The number of ether oxygens (including phenoxy) is 1. The van der Waals surface area contributed by atoms with Crippen LogP contribution in [-0.4, -0.2) is 37.1 Å². The molecule has 1 saturated heterocycles. The lowest BCUT2D eigenvalue weighted by atomic mass is 10.1. The van der Waals surface area contributed by atoms with Gasteiger partial charge in [0.1, 0.15) is 0 Å². The Labute approximate surface area is 149 Å². The highest BCUT2D eigenvalue weighted by Gasteiger charge is 2.20. The molecule has 0 bridgehead atoms. The molecule has 1 aliphatic rings. The molecule has 4 heteroatoms. The first kappa shape index (κ1) is 17.5. The van der Waals surface area contributed by atoms with Crippen LogP contribution in [0.4, 0.5) is 5.69 Å². The van der Waals surface area contributed by atoms with Gasteiger partial charge in [-0.15, -0.1) is 0 Å². The molecule has 0 spiro atoms. The standard InChI is InChI=1S/C21H26N2O2/c1-16-5-7-17(8-6-16)14-22-19-11-9-18(10-12-19)21(24)23(2)15-20-4-3-13-25-20/h5-12,20,22H,3-4,13-15H2,1-2H3. The van der Waals surface area contributed by atoms with Crippen molar-refractivity contribution >= 4 is 11.6 Å². The molecule has 3 rings (SSSR count). The number of nitrogens with one attached hydrogen (secondary N) is 1. The molecule has 1 aliphatic heterocycles. The molecule has 25 heavy (non-hydrogen) atoms. The second-order valence-corrected chi connectivity index (χ2v) is 6.74. The zero-order valence-corrected chi connectivity index (χ0v) is 15.0. The summed E-state index contributed by atoms with van der Waals surface area (Å²) in [4.78, 5) is 14.3. The second-order valence-electron chi connectivity index (χ2n) is 6.74. The summed E-state index contributed by atoms with van der Waals surface area (Å²) in [6.45, 7) is 4.33. The van der Waals surface area contributed by atoms with Crippen molar-refractivity contribution in [1.82, 2.24) is 4.90 Å². The van der Waals surface area contributed by atoms with Gasteiger partial charge in [0, 0.05) is 38.0 Å². The molecule has 1 N–H and O–H groups in total. The molecule has 1 unspecified atom stereocenters. The summed E-state index contributed by atoms with van der Waals surface area (Å²) >= 11 is 0. The highest BCUT2D eigenvalue weighted by molar-refractivity contribution is 5.94. The van der Waals surface area contributed by atoms with Gasteiger partial charge in [-0.05, 0) is 49.6 Å². The van der Waals surface area contributed by atoms with Crippen LogP contribution in [0.5, 0.6) is 0 Å². The number of benzene rings is 2. The predicted octanol–water partition coefficient (Wildman–Crippen LogP) is 3.86. The zero-order chi connectivity index (χ0) is 17.6. The summed E-state index contributed by atoms with van der Waals surface area (Å²) in [5, 5.41) is 3.39. The maximum absolute atomic E-state index is 12.5. The molecule has 0 saturated carbocycles. The largest absolute Gasteiger partial charge is 0.381 e. The van der Waals surface area contributed by atoms with Crippen LogP contribution in [0.15, 0.2) is 48.5 Å². The molecule has 1 heterocycles. The fourth-order valence-corrected chi connectivity index (χ4v) is 3.04. The minimum Gasteiger partial charge on any atom is -0.381 e. The summed E-state index contributed by atoms with van der Waals surface area (Å²) in [5.74, 6) is 0.0422. The number of carbonyl (C=O) groups excluding carboxylic acids is 1. The summed E-state index contributed by atoms with van der Waals surface area (Å²) in [7, 11) is 1.84. The van der Waals surface area contributed by atoms with Gasteiger partial charge in [-0.3, -0.25) is 4.79 Å². The van der Waals surface area contributed by atoms with Gasteiger partial charge in [0.2, 0.25) is 0 Å². The Morgan fingerprint density at radius 2 is 1.88 bits per heavy atom. The van der Waals surface area contributed by atoms with E-state index in [1.54, 1.807) is 4.90 Å². The molecule has 0 aliphatic carbocycles. The van der Waals surface area contributed by atoms with E-state index < -0.39 is 0 Å². The molecule has 1 fully saturated rings. The van der Waals surface area contributed by atoms with Crippen LogP contribution in [0.25, 0.3) is 0 Å². The van der Waals surface area contributed by atoms with Gasteiger partial charge in [-0.2, -0.15) is 0 Å². The lowest BCUT2D eigenvalue weighted by Crippen LogP contribution is -2.34. The van der Waals surface area contributed by atoms with Crippen molar-refractivity contribution in [3.63, 3.8) is 0 Å². The zero-order valence-electron chi connectivity index (χ0n) is 15.0. The molecular formula is C21H26N2O2. The molecule has 1 amide bonds. The smallest absolute Gasteiger partial charge is 0.253 e. The van der Waals surface area contributed by atoms with Crippen LogP contribution in [0, 0.1) is 6.92 Å². The van der Waals surface area contributed by atoms with E-state index in [9.17, 15) is 4.79 Å². The quantitative estimate of drug-likeness (QED) is 0.870. The maximum Gasteiger partial charge on any atom is 0.253 e. The first-order chi connectivity index (χ1) is 12.1. The first-order valence-electron chi connectivity index (χ1n) is 8.88.